The maximum absolute atomic E-state index is 10.9. The zero-order valence-corrected chi connectivity index (χ0v) is 11.4. The molecule has 0 spiro atoms. The van der Waals surface area contributed by atoms with Crippen LogP contribution in [-0.4, -0.2) is 12.0 Å². The van der Waals surface area contributed by atoms with Crippen molar-refractivity contribution in [2.24, 2.45) is 0 Å². The highest BCUT2D eigenvalue weighted by Crippen LogP contribution is 2.23. The van der Waals surface area contributed by atoms with Crippen LogP contribution in [0, 0.1) is 17.0 Å². The number of benzene rings is 2. The predicted molar refractivity (Wildman–Crippen MR) is 78.2 cm³/mol. The van der Waals surface area contributed by atoms with E-state index >= 15 is 0 Å². The molecule has 0 aliphatic carbocycles. The number of ether oxygens (including phenoxy) is 1. The number of rotatable bonds is 5. The van der Waals surface area contributed by atoms with E-state index in [4.69, 9.17) is 4.74 Å². The van der Waals surface area contributed by atoms with Crippen LogP contribution in [0.1, 0.15) is 11.1 Å². The van der Waals surface area contributed by atoms with Crippen molar-refractivity contribution in [3.05, 3.63) is 63.7 Å². The van der Waals surface area contributed by atoms with E-state index < -0.39 is 0 Å². The van der Waals surface area contributed by atoms with Gasteiger partial charge in [-0.3, -0.25) is 10.1 Å². The minimum atomic E-state index is -0.365. The molecule has 104 valence electrons. The van der Waals surface area contributed by atoms with Crippen LogP contribution in [-0.2, 0) is 6.54 Å². The molecule has 0 saturated carbocycles. The van der Waals surface area contributed by atoms with Gasteiger partial charge in [0.25, 0.3) is 5.69 Å². The van der Waals surface area contributed by atoms with Gasteiger partial charge >= 0.3 is 0 Å². The molecule has 0 aliphatic heterocycles. The Morgan fingerprint density at radius 3 is 2.65 bits per heavy atom. The van der Waals surface area contributed by atoms with Crippen LogP contribution in [0.25, 0.3) is 0 Å². The second kappa shape index (κ2) is 6.06. The summed E-state index contributed by atoms with van der Waals surface area (Å²) in [6, 6.07) is 12.4. The zero-order chi connectivity index (χ0) is 14.5. The van der Waals surface area contributed by atoms with Crippen molar-refractivity contribution in [1.29, 1.82) is 0 Å². The Hall–Kier alpha value is -2.56. The van der Waals surface area contributed by atoms with Gasteiger partial charge in [0, 0.05) is 23.9 Å². The highest BCUT2D eigenvalue weighted by Gasteiger charge is 2.11. The number of nitro groups is 1. The van der Waals surface area contributed by atoms with Gasteiger partial charge in [0.15, 0.2) is 0 Å². The van der Waals surface area contributed by atoms with Crippen molar-refractivity contribution in [3.63, 3.8) is 0 Å². The molecular formula is C15H16N2O3. The zero-order valence-electron chi connectivity index (χ0n) is 11.4. The van der Waals surface area contributed by atoms with Gasteiger partial charge in [0.05, 0.1) is 12.0 Å². The smallest absolute Gasteiger partial charge is 0.274 e. The molecule has 0 amide bonds. The average Bonchev–Trinajstić information content (AvgIpc) is 2.45. The summed E-state index contributed by atoms with van der Waals surface area (Å²) in [5.41, 5.74) is 2.71. The number of para-hydroxylation sites is 1. The maximum atomic E-state index is 10.9. The number of methoxy groups -OCH3 is 1. The number of nitrogens with one attached hydrogen (secondary N) is 1. The molecule has 5 heteroatoms. The summed E-state index contributed by atoms with van der Waals surface area (Å²) in [7, 11) is 1.63. The van der Waals surface area contributed by atoms with Crippen LogP contribution in [0.2, 0.25) is 0 Å². The number of anilines is 1. The monoisotopic (exact) mass is 272 g/mol. The molecule has 2 aromatic carbocycles. The summed E-state index contributed by atoms with van der Waals surface area (Å²) in [6.07, 6.45) is 0. The van der Waals surface area contributed by atoms with Crippen molar-refractivity contribution in [2.45, 2.75) is 13.5 Å². The summed E-state index contributed by atoms with van der Waals surface area (Å²) < 4.78 is 5.20. The number of hydrogen-bond acceptors (Lipinski definition) is 4. The Morgan fingerprint density at radius 2 is 2.00 bits per heavy atom. The first kappa shape index (κ1) is 13.9. The first-order valence-electron chi connectivity index (χ1n) is 6.22. The van der Waals surface area contributed by atoms with Gasteiger partial charge in [-0.25, -0.2) is 0 Å². The normalized spacial score (nSPS) is 10.1. The number of nitro benzene ring substituents is 1. The van der Waals surface area contributed by atoms with Gasteiger partial charge in [-0.1, -0.05) is 18.2 Å². The lowest BCUT2D eigenvalue weighted by atomic mass is 10.1. The van der Waals surface area contributed by atoms with Gasteiger partial charge in [0.2, 0.25) is 0 Å². The number of aryl methyl sites for hydroxylation is 1. The molecule has 0 aliphatic rings. The molecule has 20 heavy (non-hydrogen) atoms. The molecule has 0 fully saturated rings. The van der Waals surface area contributed by atoms with Gasteiger partial charge < -0.3 is 10.1 Å². The first-order chi connectivity index (χ1) is 9.61. The fourth-order valence-electron chi connectivity index (χ4n) is 2.02. The Balaban J connectivity index is 2.13. The number of hydrogen-bond donors (Lipinski definition) is 1. The van der Waals surface area contributed by atoms with Crippen LogP contribution in [0.4, 0.5) is 11.4 Å². The lowest BCUT2D eigenvalue weighted by molar-refractivity contribution is -0.385. The summed E-state index contributed by atoms with van der Waals surface area (Å²) in [6.45, 7) is 2.36. The van der Waals surface area contributed by atoms with E-state index in [0.29, 0.717) is 12.1 Å². The van der Waals surface area contributed by atoms with Crippen LogP contribution in [0.3, 0.4) is 0 Å². The molecule has 0 unspecified atom stereocenters. The molecule has 5 nitrogen and oxygen atoms in total. The molecule has 0 atom stereocenters. The van der Waals surface area contributed by atoms with Crippen molar-refractivity contribution < 1.29 is 9.66 Å². The fourth-order valence-corrected chi connectivity index (χ4v) is 2.02. The molecule has 0 heterocycles. The Morgan fingerprint density at radius 1 is 1.25 bits per heavy atom. The lowest BCUT2D eigenvalue weighted by Crippen LogP contribution is -2.03. The SMILES string of the molecule is COc1ccc(NCc2ccccc2[N+](=O)[O-])cc1C. The molecule has 0 saturated heterocycles. The standard InChI is InChI=1S/C15H16N2O3/c1-11-9-13(7-8-15(11)20-2)16-10-12-5-3-4-6-14(12)17(18)19/h3-9,16H,10H2,1-2H3. The second-order valence-corrected chi connectivity index (χ2v) is 4.42. The molecule has 0 aromatic heterocycles. The van der Waals surface area contributed by atoms with Gasteiger partial charge in [-0.2, -0.15) is 0 Å². The van der Waals surface area contributed by atoms with E-state index in [9.17, 15) is 10.1 Å². The van der Waals surface area contributed by atoms with Gasteiger partial charge in [-0.15, -0.1) is 0 Å². The van der Waals surface area contributed by atoms with Crippen molar-refractivity contribution in [2.75, 3.05) is 12.4 Å². The van der Waals surface area contributed by atoms with E-state index in [-0.39, 0.29) is 10.6 Å². The molecule has 2 aromatic rings. The van der Waals surface area contributed by atoms with E-state index in [0.717, 1.165) is 17.0 Å². The third kappa shape index (κ3) is 3.06. The minimum absolute atomic E-state index is 0.130. The Labute approximate surface area is 117 Å². The van der Waals surface area contributed by atoms with Crippen molar-refractivity contribution >= 4 is 11.4 Å². The largest absolute Gasteiger partial charge is 0.496 e. The molecule has 0 bridgehead atoms. The van der Waals surface area contributed by atoms with Crippen LogP contribution < -0.4 is 10.1 Å². The van der Waals surface area contributed by atoms with Crippen molar-refractivity contribution in [3.8, 4) is 5.75 Å². The van der Waals surface area contributed by atoms with E-state index in [2.05, 4.69) is 5.32 Å². The van der Waals surface area contributed by atoms with Gasteiger partial charge in [0.1, 0.15) is 5.75 Å². The van der Waals surface area contributed by atoms with Crippen LogP contribution in [0.15, 0.2) is 42.5 Å². The Kier molecular flexibility index (Phi) is 4.20. The topological polar surface area (TPSA) is 64.4 Å². The molecule has 2 rings (SSSR count). The summed E-state index contributed by atoms with van der Waals surface area (Å²) in [5.74, 6) is 0.821. The first-order valence-corrected chi connectivity index (χ1v) is 6.22. The van der Waals surface area contributed by atoms with Crippen molar-refractivity contribution in [1.82, 2.24) is 0 Å². The van der Waals surface area contributed by atoms with E-state index in [1.165, 1.54) is 6.07 Å². The summed E-state index contributed by atoms with van der Waals surface area (Å²) in [4.78, 5) is 10.6. The number of nitrogens with zero attached hydrogens (tertiary/aromatic N) is 1. The van der Waals surface area contributed by atoms with E-state index in [1.54, 1.807) is 25.3 Å². The quantitative estimate of drug-likeness (QED) is 0.668. The third-order valence-corrected chi connectivity index (χ3v) is 3.07. The lowest BCUT2D eigenvalue weighted by Gasteiger charge is -2.10. The van der Waals surface area contributed by atoms with Crippen LogP contribution >= 0.6 is 0 Å². The summed E-state index contributed by atoms with van der Waals surface area (Å²) >= 11 is 0. The predicted octanol–water partition coefficient (Wildman–Crippen LogP) is 3.52. The fraction of sp³-hybridized carbons (Fsp3) is 0.200. The molecule has 0 radical (unpaired) electrons. The maximum Gasteiger partial charge on any atom is 0.274 e. The average molecular weight is 272 g/mol. The molecular weight excluding hydrogens is 256 g/mol. The summed E-state index contributed by atoms with van der Waals surface area (Å²) in [5, 5.41) is 14.1. The Bertz CT molecular complexity index is 626. The third-order valence-electron chi connectivity index (χ3n) is 3.07. The highest BCUT2D eigenvalue weighted by molar-refractivity contribution is 5.52. The minimum Gasteiger partial charge on any atom is -0.496 e. The van der Waals surface area contributed by atoms with Crippen LogP contribution in [0.5, 0.6) is 5.75 Å². The van der Waals surface area contributed by atoms with E-state index in [1.807, 2.05) is 25.1 Å². The second-order valence-electron chi connectivity index (χ2n) is 4.42. The van der Waals surface area contributed by atoms with Gasteiger partial charge in [-0.05, 0) is 30.7 Å². The highest BCUT2D eigenvalue weighted by atomic mass is 16.6. The molecule has 1 N–H and O–H groups in total.